The van der Waals surface area contributed by atoms with Gasteiger partial charge in [0.25, 0.3) is 11.5 Å². The van der Waals surface area contributed by atoms with Crippen LogP contribution in [0.25, 0.3) is 11.2 Å². The fraction of sp³-hybridized carbons (Fsp3) is 0.381. The Hall–Kier alpha value is -4.17. The first-order valence-corrected chi connectivity index (χ1v) is 10.9. The second-order valence-corrected chi connectivity index (χ2v) is 8.19. The highest BCUT2D eigenvalue weighted by atomic mass is 19.3. The van der Waals surface area contributed by atoms with Gasteiger partial charge in [-0.2, -0.15) is 8.78 Å². The smallest absolute Gasteiger partial charge is 0.414 e. The molecule has 0 spiro atoms. The van der Waals surface area contributed by atoms with Crippen LogP contribution in [0.2, 0.25) is 0 Å². The summed E-state index contributed by atoms with van der Waals surface area (Å²) >= 11 is 0. The van der Waals surface area contributed by atoms with E-state index in [9.17, 15) is 23.2 Å². The predicted octanol–water partition coefficient (Wildman–Crippen LogP) is 1.10. The summed E-state index contributed by atoms with van der Waals surface area (Å²) < 4.78 is 63.0. The van der Waals surface area contributed by atoms with Crippen molar-refractivity contribution in [3.05, 3.63) is 46.5 Å². The number of carbonyl (C=O) groups excluding carboxylic acids is 2. The zero-order chi connectivity index (χ0) is 25.6. The SMILES string of the molecule is O=C(NC[C@H]1CN(c2cc(F)c(N3CCn4c(=O)c5nccnc5n4CC3)c(F)c2)C(=O)O1)C(F)F. The number of benzene rings is 1. The van der Waals surface area contributed by atoms with E-state index < -0.39 is 36.2 Å². The number of ether oxygens (including phenoxy) is 1. The molecule has 0 unspecified atom stereocenters. The highest BCUT2D eigenvalue weighted by Crippen LogP contribution is 2.31. The van der Waals surface area contributed by atoms with Gasteiger partial charge in [-0.15, -0.1) is 0 Å². The van der Waals surface area contributed by atoms with E-state index in [0.717, 1.165) is 17.0 Å². The number of aromatic nitrogens is 4. The number of hydrogen-bond donors (Lipinski definition) is 1. The van der Waals surface area contributed by atoms with Crippen LogP contribution in [0.4, 0.5) is 33.7 Å². The zero-order valence-corrected chi connectivity index (χ0v) is 18.5. The van der Waals surface area contributed by atoms with Crippen molar-refractivity contribution in [3.63, 3.8) is 0 Å². The summed E-state index contributed by atoms with van der Waals surface area (Å²) in [5, 5.41) is 1.94. The van der Waals surface area contributed by atoms with E-state index >= 15 is 8.78 Å². The van der Waals surface area contributed by atoms with Crippen molar-refractivity contribution in [2.24, 2.45) is 0 Å². The monoisotopic (exact) mass is 509 g/mol. The van der Waals surface area contributed by atoms with Crippen LogP contribution in [-0.2, 0) is 22.6 Å². The Balaban J connectivity index is 1.33. The molecule has 1 aromatic carbocycles. The first-order valence-electron chi connectivity index (χ1n) is 10.9. The predicted molar refractivity (Wildman–Crippen MR) is 117 cm³/mol. The van der Waals surface area contributed by atoms with E-state index in [0.29, 0.717) is 5.65 Å². The van der Waals surface area contributed by atoms with Crippen LogP contribution >= 0.6 is 0 Å². The molecule has 2 aromatic heterocycles. The summed E-state index contributed by atoms with van der Waals surface area (Å²) in [4.78, 5) is 46.5. The summed E-state index contributed by atoms with van der Waals surface area (Å²) in [6.07, 6.45) is -2.25. The standard InChI is InChI=1S/C21H19F4N7O4/c22-13-7-11(30-10-12(36-21(30)35)9-28-19(33)17(24)25)8-14(23)16(13)29-3-5-31-18-15(26-1-2-27-18)20(34)32(31)6-4-29/h1-2,7-8,12,17H,3-6,9-10H2,(H,28,33)/t12-/m0/s1. The molecule has 0 bridgehead atoms. The van der Waals surface area contributed by atoms with Gasteiger partial charge in [-0.25, -0.2) is 28.2 Å². The summed E-state index contributed by atoms with van der Waals surface area (Å²) in [7, 11) is 0. The largest absolute Gasteiger partial charge is 0.442 e. The average molecular weight is 509 g/mol. The van der Waals surface area contributed by atoms with E-state index in [4.69, 9.17) is 4.74 Å². The fourth-order valence-electron chi connectivity index (χ4n) is 4.37. The number of halogens is 4. The molecule has 1 fully saturated rings. The van der Waals surface area contributed by atoms with Gasteiger partial charge in [0, 0.05) is 37.6 Å². The van der Waals surface area contributed by atoms with Crippen LogP contribution in [0.15, 0.2) is 29.3 Å². The lowest BCUT2D eigenvalue weighted by Crippen LogP contribution is -2.37. The van der Waals surface area contributed by atoms with Gasteiger partial charge in [0.1, 0.15) is 11.8 Å². The van der Waals surface area contributed by atoms with E-state index in [1.54, 1.807) is 4.68 Å². The number of hydrogen-bond acceptors (Lipinski definition) is 7. The molecule has 2 aliphatic rings. The minimum absolute atomic E-state index is 0.125. The number of amides is 2. The average Bonchev–Trinajstić information content (AvgIpc) is 3.25. The molecule has 1 saturated heterocycles. The number of anilines is 2. The van der Waals surface area contributed by atoms with Gasteiger partial charge in [-0.05, 0) is 0 Å². The molecule has 11 nitrogen and oxygen atoms in total. The van der Waals surface area contributed by atoms with E-state index in [2.05, 4.69) is 9.97 Å². The molecular formula is C21H19F4N7O4. The summed E-state index contributed by atoms with van der Waals surface area (Å²) in [5.41, 5.74) is -0.186. The lowest BCUT2D eigenvalue weighted by molar-refractivity contribution is -0.132. The molecule has 0 aliphatic carbocycles. The van der Waals surface area contributed by atoms with Crippen molar-refractivity contribution in [1.29, 1.82) is 0 Å². The number of carbonyl (C=O) groups is 2. The Bertz CT molecular complexity index is 1390. The second-order valence-electron chi connectivity index (χ2n) is 8.19. The van der Waals surface area contributed by atoms with Crippen molar-refractivity contribution in [2.45, 2.75) is 25.6 Å². The fourth-order valence-corrected chi connectivity index (χ4v) is 4.37. The van der Waals surface area contributed by atoms with Gasteiger partial charge in [-0.3, -0.25) is 19.2 Å². The summed E-state index contributed by atoms with van der Waals surface area (Å²) in [5.74, 6) is -3.39. The maximum Gasteiger partial charge on any atom is 0.414 e. The lowest BCUT2D eigenvalue weighted by Gasteiger charge is -2.24. The van der Waals surface area contributed by atoms with Crippen molar-refractivity contribution in [3.8, 4) is 0 Å². The molecule has 1 N–H and O–H groups in total. The molecule has 190 valence electrons. The number of cyclic esters (lactones) is 1. The third kappa shape index (κ3) is 4.09. The molecule has 4 heterocycles. The third-order valence-corrected chi connectivity index (χ3v) is 6.02. The quantitative estimate of drug-likeness (QED) is 0.513. The van der Waals surface area contributed by atoms with Gasteiger partial charge < -0.3 is 15.0 Å². The Morgan fingerprint density at radius 3 is 2.42 bits per heavy atom. The Kier molecular flexibility index (Phi) is 5.97. The van der Waals surface area contributed by atoms with Crippen LogP contribution in [0, 0.1) is 11.6 Å². The van der Waals surface area contributed by atoms with Crippen LogP contribution in [0.3, 0.4) is 0 Å². The molecule has 5 rings (SSSR count). The number of fused-ring (bicyclic) bond motifs is 3. The Morgan fingerprint density at radius 2 is 1.72 bits per heavy atom. The lowest BCUT2D eigenvalue weighted by atomic mass is 10.2. The molecule has 2 aliphatic heterocycles. The van der Waals surface area contributed by atoms with Crippen molar-refractivity contribution >= 4 is 34.5 Å². The number of nitrogens with zero attached hydrogens (tertiary/aromatic N) is 6. The zero-order valence-electron chi connectivity index (χ0n) is 18.5. The molecule has 1 atom stereocenters. The Morgan fingerprint density at radius 1 is 1.06 bits per heavy atom. The molecule has 15 heteroatoms. The van der Waals surface area contributed by atoms with Crippen LogP contribution in [0.1, 0.15) is 0 Å². The molecule has 36 heavy (non-hydrogen) atoms. The minimum atomic E-state index is -3.22. The summed E-state index contributed by atoms with van der Waals surface area (Å²) in [6.45, 7) is 0.0917. The van der Waals surface area contributed by atoms with Gasteiger partial charge in [0.2, 0.25) is 0 Å². The van der Waals surface area contributed by atoms with Gasteiger partial charge >= 0.3 is 12.5 Å². The first-order chi connectivity index (χ1) is 17.2. The van der Waals surface area contributed by atoms with E-state index in [-0.39, 0.29) is 61.7 Å². The molecule has 0 radical (unpaired) electrons. The maximum absolute atomic E-state index is 15.1. The van der Waals surface area contributed by atoms with Gasteiger partial charge in [0.05, 0.1) is 31.9 Å². The van der Waals surface area contributed by atoms with Crippen molar-refractivity contribution in [1.82, 2.24) is 24.6 Å². The highest BCUT2D eigenvalue weighted by Gasteiger charge is 2.34. The number of alkyl halides is 2. The highest BCUT2D eigenvalue weighted by molar-refractivity contribution is 5.90. The molecule has 0 saturated carbocycles. The van der Waals surface area contributed by atoms with Crippen molar-refractivity contribution in [2.75, 3.05) is 36.0 Å². The van der Waals surface area contributed by atoms with Crippen molar-refractivity contribution < 1.29 is 31.9 Å². The van der Waals surface area contributed by atoms with Crippen LogP contribution in [-0.4, -0.2) is 70.0 Å². The number of nitrogens with one attached hydrogen (secondary N) is 1. The van der Waals surface area contributed by atoms with E-state index in [1.165, 1.54) is 22.0 Å². The first kappa shape index (κ1) is 23.6. The molecule has 2 amide bonds. The topological polar surface area (TPSA) is 115 Å². The third-order valence-electron chi connectivity index (χ3n) is 6.02. The maximum atomic E-state index is 15.1. The van der Waals surface area contributed by atoms with Gasteiger partial charge in [-0.1, -0.05) is 0 Å². The van der Waals surface area contributed by atoms with Crippen LogP contribution in [0.5, 0.6) is 0 Å². The minimum Gasteiger partial charge on any atom is -0.442 e. The van der Waals surface area contributed by atoms with E-state index in [1.807, 2.05) is 5.32 Å². The Labute approximate surface area is 199 Å². The number of rotatable bonds is 5. The molecular weight excluding hydrogens is 490 g/mol. The summed E-state index contributed by atoms with van der Waals surface area (Å²) in [6, 6.07) is 1.94. The second kappa shape index (κ2) is 9.13. The van der Waals surface area contributed by atoms with Crippen LogP contribution < -0.4 is 20.7 Å². The normalized spacial score (nSPS) is 17.9. The van der Waals surface area contributed by atoms with Gasteiger partial charge in [0.15, 0.2) is 22.8 Å². The molecule has 3 aromatic rings.